The van der Waals surface area contributed by atoms with E-state index < -0.39 is 10.0 Å². The zero-order chi connectivity index (χ0) is 12.0. The van der Waals surface area contributed by atoms with Gasteiger partial charge in [-0.15, -0.1) is 0 Å². The molecule has 1 unspecified atom stereocenters. The molecule has 1 fully saturated rings. The van der Waals surface area contributed by atoms with Crippen LogP contribution in [-0.4, -0.2) is 46.0 Å². The molecule has 1 rings (SSSR count). The summed E-state index contributed by atoms with van der Waals surface area (Å²) in [5.41, 5.74) is 0. The highest BCUT2D eigenvalue weighted by Gasteiger charge is 2.21. The van der Waals surface area contributed by atoms with E-state index in [0.29, 0.717) is 25.7 Å². The van der Waals surface area contributed by atoms with Crippen LogP contribution in [0, 0.1) is 0 Å². The zero-order valence-electron chi connectivity index (χ0n) is 10.0. The molecule has 6 heteroatoms. The van der Waals surface area contributed by atoms with Gasteiger partial charge in [-0.1, -0.05) is 13.8 Å². The molecule has 0 saturated carbocycles. The summed E-state index contributed by atoms with van der Waals surface area (Å²) in [5, 5.41) is 3.19. The Bertz CT molecular complexity index is 284. The highest BCUT2D eigenvalue weighted by Crippen LogP contribution is 2.05. The Balaban J connectivity index is 2.18. The fourth-order valence-corrected chi connectivity index (χ4v) is 2.93. The van der Waals surface area contributed by atoms with Crippen molar-refractivity contribution in [2.75, 3.05) is 25.5 Å². The van der Waals surface area contributed by atoms with Crippen LogP contribution in [0.15, 0.2) is 0 Å². The second kappa shape index (κ2) is 6.54. The van der Waals surface area contributed by atoms with E-state index in [0.717, 1.165) is 13.0 Å². The van der Waals surface area contributed by atoms with Crippen molar-refractivity contribution >= 4 is 10.0 Å². The van der Waals surface area contributed by atoms with Gasteiger partial charge in [0.05, 0.1) is 12.4 Å². The molecule has 0 aromatic heterocycles. The Labute approximate surface area is 98.0 Å². The quantitative estimate of drug-likeness (QED) is 0.628. The number of nitrogens with one attached hydrogen (secondary N) is 2. The fourth-order valence-electron chi connectivity index (χ4n) is 1.59. The molecule has 0 aromatic carbocycles. The molecular formula is C10H22N2O3S. The first kappa shape index (κ1) is 13.9. The second-order valence-electron chi connectivity index (χ2n) is 4.46. The normalized spacial score (nSPS) is 21.8. The van der Waals surface area contributed by atoms with Crippen LogP contribution in [0.1, 0.15) is 26.7 Å². The van der Waals surface area contributed by atoms with Gasteiger partial charge in [-0.3, -0.25) is 0 Å². The molecule has 5 nitrogen and oxygen atoms in total. The average Bonchev–Trinajstić information content (AvgIpc) is 2.64. The van der Waals surface area contributed by atoms with Crippen LogP contribution in [0.5, 0.6) is 0 Å². The molecule has 16 heavy (non-hydrogen) atoms. The summed E-state index contributed by atoms with van der Waals surface area (Å²) < 4.78 is 31.1. The smallest absolute Gasteiger partial charge is 0.211 e. The molecule has 0 radical (unpaired) electrons. The minimum absolute atomic E-state index is 0.0249. The van der Waals surface area contributed by atoms with Crippen molar-refractivity contribution in [1.82, 2.24) is 10.0 Å². The third kappa shape index (κ3) is 5.79. The number of sulfonamides is 1. The van der Waals surface area contributed by atoms with Gasteiger partial charge in [0.1, 0.15) is 0 Å². The zero-order valence-corrected chi connectivity index (χ0v) is 10.8. The highest BCUT2D eigenvalue weighted by molar-refractivity contribution is 7.89. The van der Waals surface area contributed by atoms with Crippen molar-refractivity contribution in [3.05, 3.63) is 0 Å². The fraction of sp³-hybridized carbons (Fsp3) is 1.00. The summed E-state index contributed by atoms with van der Waals surface area (Å²) in [5.74, 6) is 0.184. The first-order chi connectivity index (χ1) is 7.49. The van der Waals surface area contributed by atoms with E-state index >= 15 is 0 Å². The molecule has 1 saturated heterocycles. The lowest BCUT2D eigenvalue weighted by molar-refractivity contribution is 0.192. The second-order valence-corrected chi connectivity index (χ2v) is 6.33. The van der Waals surface area contributed by atoms with Gasteiger partial charge in [-0.05, 0) is 19.4 Å². The van der Waals surface area contributed by atoms with Gasteiger partial charge in [-0.25, -0.2) is 13.1 Å². The van der Waals surface area contributed by atoms with Crippen molar-refractivity contribution in [2.45, 2.75) is 38.8 Å². The third-order valence-electron chi connectivity index (χ3n) is 2.42. The van der Waals surface area contributed by atoms with Crippen LogP contribution in [0.2, 0.25) is 0 Å². The average molecular weight is 250 g/mol. The van der Waals surface area contributed by atoms with Gasteiger partial charge in [0, 0.05) is 18.7 Å². The summed E-state index contributed by atoms with van der Waals surface area (Å²) >= 11 is 0. The number of ether oxygens (including phenoxy) is 1. The first-order valence-corrected chi connectivity index (χ1v) is 7.46. The van der Waals surface area contributed by atoms with Gasteiger partial charge < -0.3 is 10.1 Å². The predicted octanol–water partition coefficient (Wildman–Crippen LogP) is 0.0828. The lowest BCUT2D eigenvalue weighted by Gasteiger charge is -2.12. The number of hydrogen-bond acceptors (Lipinski definition) is 4. The van der Waals surface area contributed by atoms with E-state index in [9.17, 15) is 8.42 Å². The van der Waals surface area contributed by atoms with E-state index in [1.54, 1.807) is 0 Å². The monoisotopic (exact) mass is 250 g/mol. The molecule has 1 aliphatic heterocycles. The van der Waals surface area contributed by atoms with Crippen molar-refractivity contribution in [2.24, 2.45) is 0 Å². The van der Waals surface area contributed by atoms with Crippen molar-refractivity contribution in [3.63, 3.8) is 0 Å². The Kier molecular flexibility index (Phi) is 5.68. The van der Waals surface area contributed by atoms with E-state index in [4.69, 9.17) is 4.74 Å². The number of rotatable bonds is 7. The molecular weight excluding hydrogens is 228 g/mol. The van der Waals surface area contributed by atoms with Crippen molar-refractivity contribution in [1.29, 1.82) is 0 Å². The standard InChI is InChI=1S/C10H22N2O3S/c1-9(2)11-5-3-7-16(13,14)12-10-4-6-15-8-10/h9-12H,3-8H2,1-2H3. The van der Waals surface area contributed by atoms with E-state index in [1.165, 1.54) is 0 Å². The summed E-state index contributed by atoms with van der Waals surface area (Å²) in [6.07, 6.45) is 1.42. The third-order valence-corrected chi connectivity index (χ3v) is 3.94. The topological polar surface area (TPSA) is 67.4 Å². The van der Waals surface area contributed by atoms with Gasteiger partial charge in [0.25, 0.3) is 0 Å². The summed E-state index contributed by atoms with van der Waals surface area (Å²) in [6, 6.07) is 0.377. The first-order valence-electron chi connectivity index (χ1n) is 5.81. The Morgan fingerprint density at radius 2 is 2.19 bits per heavy atom. The predicted molar refractivity (Wildman–Crippen MR) is 63.9 cm³/mol. The van der Waals surface area contributed by atoms with Gasteiger partial charge in [0.15, 0.2) is 0 Å². The molecule has 1 heterocycles. The van der Waals surface area contributed by atoms with Crippen LogP contribution in [0.4, 0.5) is 0 Å². The van der Waals surface area contributed by atoms with Gasteiger partial charge in [0.2, 0.25) is 10.0 Å². The Morgan fingerprint density at radius 1 is 1.44 bits per heavy atom. The Morgan fingerprint density at radius 3 is 2.75 bits per heavy atom. The SMILES string of the molecule is CC(C)NCCCS(=O)(=O)NC1CCOC1. The minimum atomic E-state index is -3.13. The van der Waals surface area contributed by atoms with E-state index in [-0.39, 0.29) is 11.8 Å². The maximum absolute atomic E-state index is 11.6. The molecule has 0 amide bonds. The summed E-state index contributed by atoms with van der Waals surface area (Å²) in [4.78, 5) is 0. The van der Waals surface area contributed by atoms with E-state index in [2.05, 4.69) is 10.0 Å². The number of hydrogen-bond donors (Lipinski definition) is 2. The largest absolute Gasteiger partial charge is 0.380 e. The van der Waals surface area contributed by atoms with Crippen molar-refractivity contribution < 1.29 is 13.2 Å². The minimum Gasteiger partial charge on any atom is -0.380 e. The maximum atomic E-state index is 11.6. The van der Waals surface area contributed by atoms with Crippen LogP contribution < -0.4 is 10.0 Å². The van der Waals surface area contributed by atoms with Crippen molar-refractivity contribution in [3.8, 4) is 0 Å². The maximum Gasteiger partial charge on any atom is 0.211 e. The molecule has 0 bridgehead atoms. The Hall–Kier alpha value is -0.170. The summed E-state index contributed by atoms with van der Waals surface area (Å²) in [7, 11) is -3.13. The molecule has 0 aromatic rings. The van der Waals surface area contributed by atoms with Crippen LogP contribution in [-0.2, 0) is 14.8 Å². The van der Waals surface area contributed by atoms with Crippen LogP contribution in [0.3, 0.4) is 0 Å². The highest BCUT2D eigenvalue weighted by atomic mass is 32.2. The molecule has 1 aliphatic rings. The lowest BCUT2D eigenvalue weighted by Crippen LogP contribution is -2.37. The molecule has 96 valence electrons. The lowest BCUT2D eigenvalue weighted by atomic mass is 10.3. The molecule has 0 aliphatic carbocycles. The van der Waals surface area contributed by atoms with Gasteiger partial charge in [-0.2, -0.15) is 0 Å². The van der Waals surface area contributed by atoms with Crippen LogP contribution in [0.25, 0.3) is 0 Å². The molecule has 0 spiro atoms. The molecule has 2 N–H and O–H groups in total. The molecule has 1 atom stereocenters. The van der Waals surface area contributed by atoms with E-state index in [1.807, 2.05) is 13.8 Å². The van der Waals surface area contributed by atoms with Crippen LogP contribution >= 0.6 is 0 Å². The summed E-state index contributed by atoms with van der Waals surface area (Å²) in [6.45, 7) is 5.98. The van der Waals surface area contributed by atoms with Gasteiger partial charge >= 0.3 is 0 Å².